The Balaban J connectivity index is 1.88. The van der Waals surface area contributed by atoms with Crippen LogP contribution in [0, 0.1) is 13.8 Å². The van der Waals surface area contributed by atoms with E-state index in [1.165, 1.54) is 5.56 Å². The highest BCUT2D eigenvalue weighted by Crippen LogP contribution is 2.14. The zero-order valence-electron chi connectivity index (χ0n) is 15.7. The van der Waals surface area contributed by atoms with Crippen LogP contribution in [0.1, 0.15) is 41.3 Å². The quantitative estimate of drug-likeness (QED) is 0.631. The van der Waals surface area contributed by atoms with Gasteiger partial charge in [-0.25, -0.2) is 0 Å². The summed E-state index contributed by atoms with van der Waals surface area (Å²) >= 11 is 0. The summed E-state index contributed by atoms with van der Waals surface area (Å²) in [6, 6.07) is 13.0. The molecule has 0 bridgehead atoms. The number of hydrogen-bond acceptors (Lipinski definition) is 3. The van der Waals surface area contributed by atoms with E-state index in [4.69, 9.17) is 0 Å². The van der Waals surface area contributed by atoms with Crippen molar-refractivity contribution in [3.63, 3.8) is 0 Å². The van der Waals surface area contributed by atoms with Gasteiger partial charge >= 0.3 is 0 Å². The van der Waals surface area contributed by atoms with Crippen molar-refractivity contribution >= 4 is 23.2 Å². The topological polar surface area (TPSA) is 70.2 Å². The third-order valence-corrected chi connectivity index (χ3v) is 4.18. The van der Waals surface area contributed by atoms with Crippen molar-refractivity contribution in [2.45, 2.75) is 33.6 Å². The van der Waals surface area contributed by atoms with Crippen LogP contribution in [0.15, 0.2) is 42.5 Å². The molecule has 0 aliphatic carbocycles. The second kappa shape index (κ2) is 9.61. The van der Waals surface area contributed by atoms with Crippen LogP contribution in [-0.4, -0.2) is 24.9 Å². The molecule has 0 atom stereocenters. The van der Waals surface area contributed by atoms with E-state index in [1.54, 1.807) is 18.2 Å². The van der Waals surface area contributed by atoms with E-state index in [1.807, 2.05) is 38.1 Å². The molecule has 0 saturated heterocycles. The Bertz CT molecular complexity index is 772. The van der Waals surface area contributed by atoms with Gasteiger partial charge in [0.2, 0.25) is 5.91 Å². The van der Waals surface area contributed by atoms with Crippen molar-refractivity contribution in [3.8, 4) is 0 Å². The van der Waals surface area contributed by atoms with Gasteiger partial charge < -0.3 is 16.0 Å². The van der Waals surface area contributed by atoms with Crippen LogP contribution in [0.25, 0.3) is 0 Å². The monoisotopic (exact) mass is 353 g/mol. The van der Waals surface area contributed by atoms with E-state index >= 15 is 0 Å². The van der Waals surface area contributed by atoms with E-state index in [0.29, 0.717) is 12.1 Å². The summed E-state index contributed by atoms with van der Waals surface area (Å²) in [5.74, 6) is -0.229. The molecule has 5 nitrogen and oxygen atoms in total. The highest BCUT2D eigenvalue weighted by atomic mass is 16.2. The lowest BCUT2D eigenvalue weighted by Crippen LogP contribution is -2.25. The number of hydrogen-bond donors (Lipinski definition) is 3. The predicted octanol–water partition coefficient (Wildman–Crippen LogP) is 3.88. The normalized spacial score (nSPS) is 10.3. The number of benzene rings is 2. The van der Waals surface area contributed by atoms with Crippen molar-refractivity contribution in [2.75, 3.05) is 23.7 Å². The molecule has 0 saturated carbocycles. The molecule has 2 amide bonds. The van der Waals surface area contributed by atoms with Gasteiger partial charge in [-0.15, -0.1) is 0 Å². The Morgan fingerprint density at radius 3 is 2.50 bits per heavy atom. The molecule has 0 aliphatic rings. The van der Waals surface area contributed by atoms with Crippen molar-refractivity contribution < 1.29 is 9.59 Å². The Morgan fingerprint density at radius 1 is 0.962 bits per heavy atom. The van der Waals surface area contributed by atoms with Crippen LogP contribution in [0.2, 0.25) is 0 Å². The molecule has 26 heavy (non-hydrogen) atoms. The zero-order chi connectivity index (χ0) is 18.9. The van der Waals surface area contributed by atoms with Gasteiger partial charge in [0.25, 0.3) is 5.91 Å². The van der Waals surface area contributed by atoms with Crippen molar-refractivity contribution in [2.24, 2.45) is 0 Å². The SMILES string of the molecule is CCCCNC(=O)c1cccc(NCC(=O)Nc2ccc(C)c(C)c2)c1. The van der Waals surface area contributed by atoms with Gasteiger partial charge in [0.15, 0.2) is 0 Å². The van der Waals surface area contributed by atoms with Crippen molar-refractivity contribution in [1.82, 2.24) is 5.32 Å². The summed E-state index contributed by atoms with van der Waals surface area (Å²) in [4.78, 5) is 24.2. The molecule has 3 N–H and O–H groups in total. The maximum atomic E-state index is 12.1. The van der Waals surface area contributed by atoms with Gasteiger partial charge in [0.05, 0.1) is 6.54 Å². The first kappa shape index (κ1) is 19.5. The molecule has 5 heteroatoms. The predicted molar refractivity (Wildman–Crippen MR) is 107 cm³/mol. The Kier molecular flexibility index (Phi) is 7.21. The fraction of sp³-hybridized carbons (Fsp3) is 0.333. The summed E-state index contributed by atoms with van der Waals surface area (Å²) in [6.07, 6.45) is 2.00. The van der Waals surface area contributed by atoms with Gasteiger partial charge in [-0.1, -0.05) is 25.5 Å². The fourth-order valence-corrected chi connectivity index (χ4v) is 2.46. The molecule has 2 rings (SSSR count). The van der Waals surface area contributed by atoms with Crippen LogP contribution < -0.4 is 16.0 Å². The maximum absolute atomic E-state index is 12.1. The molecular weight excluding hydrogens is 326 g/mol. The number of rotatable bonds is 8. The first-order chi connectivity index (χ1) is 12.5. The lowest BCUT2D eigenvalue weighted by atomic mass is 10.1. The molecule has 2 aromatic rings. The minimum atomic E-state index is -0.133. The highest BCUT2D eigenvalue weighted by molar-refractivity contribution is 5.96. The zero-order valence-corrected chi connectivity index (χ0v) is 15.7. The van der Waals surface area contributed by atoms with Crippen LogP contribution in [0.3, 0.4) is 0 Å². The molecular formula is C21H27N3O2. The number of carbonyl (C=O) groups is 2. The molecule has 0 heterocycles. The summed E-state index contributed by atoms with van der Waals surface area (Å²) < 4.78 is 0. The van der Waals surface area contributed by atoms with Crippen LogP contribution in [-0.2, 0) is 4.79 Å². The molecule has 0 aromatic heterocycles. The average molecular weight is 353 g/mol. The molecule has 0 spiro atoms. The third kappa shape index (κ3) is 5.92. The fourth-order valence-electron chi connectivity index (χ4n) is 2.46. The van der Waals surface area contributed by atoms with Gasteiger partial charge in [-0.3, -0.25) is 9.59 Å². The molecule has 0 radical (unpaired) electrons. The molecule has 138 valence electrons. The van der Waals surface area contributed by atoms with Crippen LogP contribution in [0.4, 0.5) is 11.4 Å². The Labute approximate surface area is 155 Å². The third-order valence-electron chi connectivity index (χ3n) is 4.18. The first-order valence-electron chi connectivity index (χ1n) is 8.99. The minimum Gasteiger partial charge on any atom is -0.376 e. The smallest absolute Gasteiger partial charge is 0.251 e. The van der Waals surface area contributed by atoms with Gasteiger partial charge in [0, 0.05) is 23.5 Å². The second-order valence-corrected chi connectivity index (χ2v) is 6.39. The van der Waals surface area contributed by atoms with Crippen molar-refractivity contribution in [1.29, 1.82) is 0 Å². The molecule has 0 aliphatic heterocycles. The summed E-state index contributed by atoms with van der Waals surface area (Å²) in [5, 5.41) is 8.82. The van der Waals surface area contributed by atoms with Crippen molar-refractivity contribution in [3.05, 3.63) is 59.2 Å². The number of anilines is 2. The number of aryl methyl sites for hydroxylation is 2. The molecule has 2 aromatic carbocycles. The lowest BCUT2D eigenvalue weighted by Gasteiger charge is -2.10. The second-order valence-electron chi connectivity index (χ2n) is 6.39. The number of carbonyl (C=O) groups excluding carboxylic acids is 2. The van der Waals surface area contributed by atoms with E-state index in [2.05, 4.69) is 22.9 Å². The van der Waals surface area contributed by atoms with Gasteiger partial charge in [-0.05, 0) is 61.7 Å². The van der Waals surface area contributed by atoms with E-state index < -0.39 is 0 Å². The van der Waals surface area contributed by atoms with E-state index in [9.17, 15) is 9.59 Å². The van der Waals surface area contributed by atoms with Gasteiger partial charge in [0.1, 0.15) is 0 Å². The number of unbranched alkanes of at least 4 members (excludes halogenated alkanes) is 1. The highest BCUT2D eigenvalue weighted by Gasteiger charge is 2.07. The maximum Gasteiger partial charge on any atom is 0.251 e. The first-order valence-corrected chi connectivity index (χ1v) is 8.99. The minimum absolute atomic E-state index is 0.0957. The molecule has 0 unspecified atom stereocenters. The summed E-state index contributed by atoms with van der Waals surface area (Å²) in [6.45, 7) is 6.94. The van der Waals surface area contributed by atoms with E-state index in [-0.39, 0.29) is 18.4 Å². The Hall–Kier alpha value is -2.82. The number of nitrogens with one attached hydrogen (secondary N) is 3. The molecule has 0 fully saturated rings. The van der Waals surface area contributed by atoms with Crippen LogP contribution in [0.5, 0.6) is 0 Å². The lowest BCUT2D eigenvalue weighted by molar-refractivity contribution is -0.114. The van der Waals surface area contributed by atoms with E-state index in [0.717, 1.165) is 29.8 Å². The summed E-state index contributed by atoms with van der Waals surface area (Å²) in [7, 11) is 0. The van der Waals surface area contributed by atoms with Gasteiger partial charge in [-0.2, -0.15) is 0 Å². The summed E-state index contributed by atoms with van der Waals surface area (Å²) in [5.41, 5.74) is 4.43. The standard InChI is InChI=1S/C21H27N3O2/c1-4-5-11-22-21(26)17-7-6-8-18(13-17)23-14-20(25)24-19-10-9-15(2)16(3)12-19/h6-10,12-13,23H,4-5,11,14H2,1-3H3,(H,22,26)(H,24,25). The average Bonchev–Trinajstić information content (AvgIpc) is 2.63. The largest absolute Gasteiger partial charge is 0.376 e. The van der Waals surface area contributed by atoms with Crippen LogP contribution >= 0.6 is 0 Å². The number of amides is 2. The Morgan fingerprint density at radius 2 is 1.77 bits per heavy atom.